The van der Waals surface area contributed by atoms with Gasteiger partial charge in [-0.1, -0.05) is 83.9 Å². The van der Waals surface area contributed by atoms with Gasteiger partial charge in [0.25, 0.3) is 5.91 Å². The fourth-order valence-corrected chi connectivity index (χ4v) is 6.89. The number of nitrogens with zero attached hydrogens (tertiary/aromatic N) is 2. The van der Waals surface area contributed by atoms with Crippen LogP contribution in [0.25, 0.3) is 0 Å². The van der Waals surface area contributed by atoms with Crippen LogP contribution in [0.2, 0.25) is 0 Å². The standard InChI is InChI=1S/C34H37N3O3/c1-24-9-13-27(14-10-24)34(28-15-11-25(2)12-16-28)31(39)37(32(40)35-34)20-6-5-19-36-21-17-33(18-22-36)29-8-4-3-7-26(29)23-30(33)38/h3-4,7-16H,5-6,17-23H2,1-2H3,(H,35,40). The predicted octanol–water partition coefficient (Wildman–Crippen LogP) is 5.04. The molecule has 2 heterocycles. The number of carbonyl (C=O) groups excluding carboxylic acids is 3. The Labute approximate surface area is 236 Å². The first-order valence-electron chi connectivity index (χ1n) is 14.5. The van der Waals surface area contributed by atoms with Crippen LogP contribution in [0.15, 0.2) is 72.8 Å². The van der Waals surface area contributed by atoms with Gasteiger partial charge in [-0.15, -0.1) is 0 Å². The zero-order valence-electron chi connectivity index (χ0n) is 23.4. The van der Waals surface area contributed by atoms with Crippen LogP contribution in [0.4, 0.5) is 4.79 Å². The van der Waals surface area contributed by atoms with Gasteiger partial charge in [-0.3, -0.25) is 14.5 Å². The largest absolute Gasteiger partial charge is 0.325 e. The molecule has 206 valence electrons. The number of rotatable bonds is 7. The Morgan fingerprint density at radius 2 is 1.32 bits per heavy atom. The third-order valence-electron chi connectivity index (χ3n) is 9.31. The Morgan fingerprint density at radius 3 is 1.95 bits per heavy atom. The molecule has 3 amide bonds. The minimum Gasteiger partial charge on any atom is -0.315 e. The average molecular weight is 536 g/mol. The molecule has 3 aliphatic rings. The van der Waals surface area contributed by atoms with Gasteiger partial charge < -0.3 is 10.2 Å². The molecule has 2 saturated heterocycles. The first-order valence-corrected chi connectivity index (χ1v) is 14.5. The second-order valence-corrected chi connectivity index (χ2v) is 11.8. The fraction of sp³-hybridized carbons (Fsp3) is 0.382. The molecule has 6 nitrogen and oxygen atoms in total. The number of imide groups is 1. The SMILES string of the molecule is Cc1ccc(C2(c3ccc(C)cc3)NC(=O)N(CCCCN3CCC4(CC3)C(=O)Cc3ccccc34)C2=O)cc1. The van der Waals surface area contributed by atoms with Gasteiger partial charge >= 0.3 is 6.03 Å². The van der Waals surface area contributed by atoms with Crippen LogP contribution in [0, 0.1) is 13.8 Å². The van der Waals surface area contributed by atoms with E-state index in [0.717, 1.165) is 67.6 Å². The maximum Gasteiger partial charge on any atom is 0.325 e. The molecule has 0 unspecified atom stereocenters. The first-order chi connectivity index (χ1) is 19.3. The average Bonchev–Trinajstić information content (AvgIpc) is 3.38. The highest BCUT2D eigenvalue weighted by Crippen LogP contribution is 2.44. The molecule has 3 aromatic carbocycles. The van der Waals surface area contributed by atoms with Crippen molar-refractivity contribution >= 4 is 17.7 Å². The summed E-state index contributed by atoms with van der Waals surface area (Å²) in [5.41, 5.74) is 4.65. The topological polar surface area (TPSA) is 69.7 Å². The van der Waals surface area contributed by atoms with E-state index in [-0.39, 0.29) is 17.4 Å². The van der Waals surface area contributed by atoms with Crippen LogP contribution in [0.1, 0.15) is 59.1 Å². The molecule has 2 fully saturated rings. The summed E-state index contributed by atoms with van der Waals surface area (Å²) in [7, 11) is 0. The summed E-state index contributed by atoms with van der Waals surface area (Å²) in [6.45, 7) is 7.09. The molecule has 0 bridgehead atoms. The lowest BCUT2D eigenvalue weighted by Crippen LogP contribution is -2.46. The third-order valence-corrected chi connectivity index (χ3v) is 9.31. The minimum atomic E-state index is -1.22. The maximum atomic E-state index is 14.0. The van der Waals surface area contributed by atoms with Crippen LogP contribution in [-0.2, 0) is 27.0 Å². The molecule has 0 saturated carbocycles. The molecule has 1 N–H and O–H groups in total. The molecular weight excluding hydrogens is 498 g/mol. The van der Waals surface area contributed by atoms with Crippen molar-refractivity contribution in [3.8, 4) is 0 Å². The number of aryl methyl sites for hydroxylation is 2. The quantitative estimate of drug-likeness (QED) is 0.340. The number of unbranched alkanes of at least 4 members (excludes halogenated alkanes) is 1. The number of likely N-dealkylation sites (tertiary alicyclic amines) is 1. The van der Waals surface area contributed by atoms with E-state index in [2.05, 4.69) is 22.3 Å². The van der Waals surface area contributed by atoms with E-state index in [1.54, 1.807) is 0 Å². The zero-order valence-corrected chi connectivity index (χ0v) is 23.4. The van der Waals surface area contributed by atoms with E-state index in [1.165, 1.54) is 16.0 Å². The zero-order chi connectivity index (χ0) is 27.9. The van der Waals surface area contributed by atoms with Gasteiger partial charge in [0, 0.05) is 13.0 Å². The number of urea groups is 1. The number of fused-ring (bicyclic) bond motifs is 2. The molecule has 3 aromatic rings. The summed E-state index contributed by atoms with van der Waals surface area (Å²) in [6, 6.07) is 23.6. The number of Topliss-reactive ketones (excluding diaryl/α,β-unsaturated/α-hetero) is 1. The monoisotopic (exact) mass is 535 g/mol. The van der Waals surface area contributed by atoms with Gasteiger partial charge in [0.2, 0.25) is 0 Å². The Morgan fingerprint density at radius 1 is 0.750 bits per heavy atom. The summed E-state index contributed by atoms with van der Waals surface area (Å²) in [5.74, 6) is 0.154. The maximum absolute atomic E-state index is 14.0. The van der Waals surface area contributed by atoms with Gasteiger partial charge in [-0.05, 0) is 81.4 Å². The molecular formula is C34H37N3O3. The summed E-state index contributed by atoms with van der Waals surface area (Å²) in [6.07, 6.45) is 3.92. The van der Waals surface area contributed by atoms with E-state index < -0.39 is 5.54 Å². The number of benzene rings is 3. The summed E-state index contributed by atoms with van der Waals surface area (Å²) in [4.78, 5) is 44.0. The van der Waals surface area contributed by atoms with Crippen molar-refractivity contribution in [3.05, 3.63) is 106 Å². The predicted molar refractivity (Wildman–Crippen MR) is 155 cm³/mol. The Bertz CT molecular complexity index is 1390. The van der Waals surface area contributed by atoms with Crippen molar-refractivity contribution in [2.24, 2.45) is 0 Å². The highest BCUT2D eigenvalue weighted by molar-refractivity contribution is 6.09. The summed E-state index contributed by atoms with van der Waals surface area (Å²) >= 11 is 0. The number of piperidine rings is 1. The van der Waals surface area contributed by atoms with Crippen molar-refractivity contribution in [2.75, 3.05) is 26.2 Å². The normalized spacial score (nSPS) is 19.8. The van der Waals surface area contributed by atoms with Gasteiger partial charge in [0.05, 0.1) is 5.41 Å². The lowest BCUT2D eigenvalue weighted by atomic mass is 9.73. The number of amides is 3. The third kappa shape index (κ3) is 4.35. The van der Waals surface area contributed by atoms with Crippen molar-refractivity contribution in [2.45, 2.75) is 56.9 Å². The number of hydrogen-bond donors (Lipinski definition) is 1. The Hall–Kier alpha value is -3.77. The van der Waals surface area contributed by atoms with Crippen molar-refractivity contribution in [3.63, 3.8) is 0 Å². The lowest BCUT2D eigenvalue weighted by molar-refractivity contribution is -0.130. The Kier molecular flexibility index (Phi) is 6.83. The number of ketones is 1. The van der Waals surface area contributed by atoms with Crippen LogP contribution in [0.3, 0.4) is 0 Å². The van der Waals surface area contributed by atoms with E-state index in [4.69, 9.17) is 0 Å². The molecule has 2 aliphatic heterocycles. The molecule has 40 heavy (non-hydrogen) atoms. The second kappa shape index (κ2) is 10.3. The molecule has 1 aliphatic carbocycles. The number of hydrogen-bond acceptors (Lipinski definition) is 4. The van der Waals surface area contributed by atoms with E-state index in [0.29, 0.717) is 18.7 Å². The summed E-state index contributed by atoms with van der Waals surface area (Å²) in [5, 5.41) is 3.06. The Balaban J connectivity index is 1.09. The molecule has 1 spiro atoms. The summed E-state index contributed by atoms with van der Waals surface area (Å²) < 4.78 is 0. The second-order valence-electron chi connectivity index (χ2n) is 11.8. The molecule has 0 aromatic heterocycles. The number of nitrogens with one attached hydrogen (secondary N) is 1. The van der Waals surface area contributed by atoms with Crippen LogP contribution < -0.4 is 5.32 Å². The van der Waals surface area contributed by atoms with Gasteiger partial charge in [0.1, 0.15) is 5.78 Å². The van der Waals surface area contributed by atoms with Crippen LogP contribution >= 0.6 is 0 Å². The van der Waals surface area contributed by atoms with E-state index in [9.17, 15) is 14.4 Å². The van der Waals surface area contributed by atoms with Crippen molar-refractivity contribution < 1.29 is 14.4 Å². The minimum absolute atomic E-state index is 0.219. The van der Waals surface area contributed by atoms with Gasteiger partial charge in [-0.25, -0.2) is 4.79 Å². The smallest absolute Gasteiger partial charge is 0.315 e. The van der Waals surface area contributed by atoms with E-state index in [1.807, 2.05) is 74.5 Å². The van der Waals surface area contributed by atoms with Crippen LogP contribution in [-0.4, -0.2) is 53.7 Å². The van der Waals surface area contributed by atoms with Crippen LogP contribution in [0.5, 0.6) is 0 Å². The highest BCUT2D eigenvalue weighted by Gasteiger charge is 2.53. The lowest BCUT2D eigenvalue weighted by Gasteiger charge is -2.39. The molecule has 0 radical (unpaired) electrons. The van der Waals surface area contributed by atoms with Crippen molar-refractivity contribution in [1.82, 2.24) is 15.1 Å². The number of carbonyl (C=O) groups is 3. The van der Waals surface area contributed by atoms with Gasteiger partial charge in [-0.2, -0.15) is 0 Å². The molecule has 0 atom stereocenters. The van der Waals surface area contributed by atoms with Gasteiger partial charge in [0.15, 0.2) is 5.54 Å². The molecule has 6 rings (SSSR count). The van der Waals surface area contributed by atoms with E-state index >= 15 is 0 Å². The fourth-order valence-electron chi connectivity index (χ4n) is 6.89. The van der Waals surface area contributed by atoms with Crippen molar-refractivity contribution in [1.29, 1.82) is 0 Å². The highest BCUT2D eigenvalue weighted by atomic mass is 16.2. The first kappa shape index (κ1) is 26.5. The molecule has 6 heteroatoms.